The molecule has 18 heavy (non-hydrogen) atoms. The summed E-state index contributed by atoms with van der Waals surface area (Å²) in [7, 11) is 0. The zero-order valence-electron chi connectivity index (χ0n) is 9.08. The monoisotopic (exact) mass is 255 g/mol. The number of fused-ring (bicyclic) bond motifs is 1. The summed E-state index contributed by atoms with van der Waals surface area (Å²) in [6, 6.07) is 12.7. The first-order chi connectivity index (χ1) is 8.78. The maximum absolute atomic E-state index is 8.92. The Morgan fingerprint density at radius 1 is 1.22 bits per heavy atom. The zero-order valence-corrected chi connectivity index (χ0v) is 9.83. The third kappa shape index (κ3) is 1.69. The number of aromatic nitrogens is 4. The van der Waals surface area contributed by atoms with Gasteiger partial charge in [0.1, 0.15) is 10.7 Å². The van der Waals surface area contributed by atoms with Gasteiger partial charge in [-0.05, 0) is 18.2 Å². The zero-order chi connectivity index (χ0) is 12.5. The van der Waals surface area contributed by atoms with E-state index in [-0.39, 0.29) is 5.15 Å². The van der Waals surface area contributed by atoms with Crippen molar-refractivity contribution in [1.82, 2.24) is 20.0 Å². The molecule has 6 heteroatoms. The molecule has 0 spiro atoms. The van der Waals surface area contributed by atoms with Gasteiger partial charge in [0.15, 0.2) is 5.82 Å². The third-order valence-corrected chi connectivity index (χ3v) is 2.67. The highest BCUT2D eigenvalue weighted by Crippen LogP contribution is 2.17. The summed E-state index contributed by atoms with van der Waals surface area (Å²) in [5, 5.41) is 17.2. The number of pyridine rings is 1. The van der Waals surface area contributed by atoms with Gasteiger partial charge in [-0.15, -0.1) is 5.10 Å². The molecule has 0 aliphatic heterocycles. The molecule has 0 aliphatic carbocycles. The second kappa shape index (κ2) is 4.09. The lowest BCUT2D eigenvalue weighted by Gasteiger charge is -2.02. The van der Waals surface area contributed by atoms with Crippen LogP contribution in [0.25, 0.3) is 16.9 Å². The molecule has 86 valence electrons. The number of nitrogens with zero attached hydrogens (tertiary/aromatic N) is 5. The lowest BCUT2D eigenvalue weighted by molar-refractivity contribution is 0.801. The van der Waals surface area contributed by atoms with E-state index in [1.807, 2.05) is 30.3 Å². The van der Waals surface area contributed by atoms with Crippen LogP contribution < -0.4 is 0 Å². The smallest absolute Gasteiger partial charge is 0.158 e. The lowest BCUT2D eigenvalue weighted by atomic mass is 10.3. The quantitative estimate of drug-likeness (QED) is 0.626. The number of benzene rings is 1. The van der Waals surface area contributed by atoms with Crippen LogP contribution in [-0.2, 0) is 0 Å². The van der Waals surface area contributed by atoms with Crippen molar-refractivity contribution in [2.24, 2.45) is 0 Å². The highest BCUT2D eigenvalue weighted by atomic mass is 35.5. The molecule has 5 nitrogen and oxygen atoms in total. The van der Waals surface area contributed by atoms with Gasteiger partial charge in [-0.2, -0.15) is 9.94 Å². The number of halogens is 1. The van der Waals surface area contributed by atoms with Crippen LogP contribution in [0, 0.1) is 11.3 Å². The normalized spacial score (nSPS) is 10.4. The summed E-state index contributed by atoms with van der Waals surface area (Å²) in [4.78, 5) is 4.15. The van der Waals surface area contributed by atoms with E-state index in [1.165, 1.54) is 6.07 Å². The Kier molecular flexibility index (Phi) is 2.43. The van der Waals surface area contributed by atoms with Crippen molar-refractivity contribution in [2.75, 3.05) is 0 Å². The summed E-state index contributed by atoms with van der Waals surface area (Å²) in [6.45, 7) is 0. The van der Waals surface area contributed by atoms with Gasteiger partial charge < -0.3 is 0 Å². The fourth-order valence-electron chi connectivity index (χ4n) is 1.69. The van der Waals surface area contributed by atoms with Gasteiger partial charge in [0.25, 0.3) is 0 Å². The second-order valence-electron chi connectivity index (χ2n) is 3.64. The molecule has 0 radical (unpaired) electrons. The van der Waals surface area contributed by atoms with Crippen LogP contribution in [0.2, 0.25) is 5.15 Å². The Hall–Kier alpha value is -2.45. The largest absolute Gasteiger partial charge is 0.217 e. The molecule has 2 heterocycles. The van der Waals surface area contributed by atoms with Crippen LogP contribution in [-0.4, -0.2) is 20.0 Å². The third-order valence-electron chi connectivity index (χ3n) is 2.48. The topological polar surface area (TPSA) is 67.4 Å². The first kappa shape index (κ1) is 10.7. The number of hydrogen-bond acceptors (Lipinski definition) is 4. The fourth-order valence-corrected chi connectivity index (χ4v) is 1.90. The molecule has 0 unspecified atom stereocenters. The van der Waals surface area contributed by atoms with Gasteiger partial charge >= 0.3 is 0 Å². The fraction of sp³-hybridized carbons (Fsp3) is 0. The molecule has 0 N–H and O–H groups in total. The lowest BCUT2D eigenvalue weighted by Crippen LogP contribution is -2.00. The average Bonchev–Trinajstić information content (AvgIpc) is 2.81. The van der Waals surface area contributed by atoms with Crippen LogP contribution in [0.15, 0.2) is 36.4 Å². The van der Waals surface area contributed by atoms with Crippen molar-refractivity contribution in [3.8, 4) is 11.9 Å². The Morgan fingerprint density at radius 2 is 2.06 bits per heavy atom. The first-order valence-electron chi connectivity index (χ1n) is 5.16. The summed E-state index contributed by atoms with van der Waals surface area (Å²) in [6.07, 6.45) is 0. The average molecular weight is 256 g/mol. The standard InChI is InChI=1S/C12H6ClN5/c13-11-5-8(7-14)6-12(15-11)18-10-4-2-1-3-9(10)16-17-18/h1-6H. The van der Waals surface area contributed by atoms with Crippen LogP contribution >= 0.6 is 11.6 Å². The Balaban J connectivity index is 2.27. The Labute approximate surface area is 107 Å². The molecule has 0 aliphatic rings. The van der Waals surface area contributed by atoms with Crippen LogP contribution in [0.4, 0.5) is 0 Å². The van der Waals surface area contributed by atoms with E-state index in [9.17, 15) is 0 Å². The van der Waals surface area contributed by atoms with Crippen molar-refractivity contribution < 1.29 is 0 Å². The van der Waals surface area contributed by atoms with Gasteiger partial charge in [0.2, 0.25) is 0 Å². The number of nitriles is 1. The molecule has 0 fully saturated rings. The van der Waals surface area contributed by atoms with Crippen molar-refractivity contribution in [2.45, 2.75) is 0 Å². The Bertz CT molecular complexity index is 771. The van der Waals surface area contributed by atoms with E-state index in [0.29, 0.717) is 11.4 Å². The first-order valence-corrected chi connectivity index (χ1v) is 5.54. The van der Waals surface area contributed by atoms with E-state index in [2.05, 4.69) is 15.3 Å². The SMILES string of the molecule is N#Cc1cc(Cl)nc(-n2nnc3ccccc32)c1. The van der Waals surface area contributed by atoms with E-state index in [0.717, 1.165) is 11.0 Å². The molecule has 0 atom stereocenters. The maximum Gasteiger partial charge on any atom is 0.158 e. The van der Waals surface area contributed by atoms with E-state index in [1.54, 1.807) is 10.7 Å². The molecule has 3 aromatic rings. The van der Waals surface area contributed by atoms with E-state index in [4.69, 9.17) is 16.9 Å². The van der Waals surface area contributed by atoms with Crippen molar-refractivity contribution in [3.63, 3.8) is 0 Å². The molecular weight excluding hydrogens is 250 g/mol. The summed E-state index contributed by atoms with van der Waals surface area (Å²) in [5.41, 5.74) is 2.01. The molecule has 0 saturated carbocycles. The number of hydrogen-bond donors (Lipinski definition) is 0. The minimum Gasteiger partial charge on any atom is -0.217 e. The predicted octanol–water partition coefficient (Wildman–Crippen LogP) is 2.34. The van der Waals surface area contributed by atoms with Crippen molar-refractivity contribution >= 4 is 22.6 Å². The minimum atomic E-state index is 0.253. The molecule has 3 rings (SSSR count). The van der Waals surface area contributed by atoms with Crippen molar-refractivity contribution in [1.29, 1.82) is 5.26 Å². The molecule has 0 amide bonds. The van der Waals surface area contributed by atoms with Gasteiger partial charge in [0, 0.05) is 6.07 Å². The van der Waals surface area contributed by atoms with E-state index < -0.39 is 0 Å². The minimum absolute atomic E-state index is 0.253. The molecule has 2 aromatic heterocycles. The van der Waals surface area contributed by atoms with Crippen LogP contribution in [0.1, 0.15) is 5.56 Å². The van der Waals surface area contributed by atoms with Gasteiger partial charge in [-0.3, -0.25) is 0 Å². The highest BCUT2D eigenvalue weighted by Gasteiger charge is 2.08. The second-order valence-corrected chi connectivity index (χ2v) is 4.03. The molecule has 0 saturated heterocycles. The molecular formula is C12H6ClN5. The van der Waals surface area contributed by atoms with Gasteiger partial charge in [0.05, 0.1) is 17.1 Å². The number of rotatable bonds is 1. The van der Waals surface area contributed by atoms with E-state index >= 15 is 0 Å². The molecule has 1 aromatic carbocycles. The van der Waals surface area contributed by atoms with Gasteiger partial charge in [-0.25, -0.2) is 4.98 Å². The van der Waals surface area contributed by atoms with Gasteiger partial charge in [-0.1, -0.05) is 28.9 Å². The summed E-state index contributed by atoms with van der Waals surface area (Å²) >= 11 is 5.87. The molecule has 0 bridgehead atoms. The summed E-state index contributed by atoms with van der Waals surface area (Å²) < 4.78 is 1.56. The Morgan fingerprint density at radius 3 is 2.89 bits per heavy atom. The maximum atomic E-state index is 8.92. The predicted molar refractivity (Wildman–Crippen MR) is 66.4 cm³/mol. The summed E-state index contributed by atoms with van der Waals surface area (Å²) in [5.74, 6) is 0.479. The van der Waals surface area contributed by atoms with Crippen molar-refractivity contribution in [3.05, 3.63) is 47.1 Å². The van der Waals surface area contributed by atoms with Crippen LogP contribution in [0.5, 0.6) is 0 Å². The highest BCUT2D eigenvalue weighted by molar-refractivity contribution is 6.29. The van der Waals surface area contributed by atoms with Crippen LogP contribution in [0.3, 0.4) is 0 Å². The number of para-hydroxylation sites is 1.